The van der Waals surface area contributed by atoms with Crippen molar-refractivity contribution in [3.63, 3.8) is 0 Å². The largest absolute Gasteiger partial charge is 0.497 e. The number of benzene rings is 1. The molecule has 0 unspecified atom stereocenters. The minimum atomic E-state index is -0.440. The maximum Gasteiger partial charge on any atom is 0.224 e. The van der Waals surface area contributed by atoms with E-state index in [9.17, 15) is 4.79 Å². The van der Waals surface area contributed by atoms with Crippen molar-refractivity contribution in [1.82, 2.24) is 4.90 Å². The summed E-state index contributed by atoms with van der Waals surface area (Å²) in [4.78, 5) is 16.4. The fraction of sp³-hybridized carbons (Fsp3) is 0.562. The van der Waals surface area contributed by atoms with Crippen LogP contribution >= 0.6 is 0 Å². The molecule has 2 N–H and O–H groups in total. The molecule has 116 valence electrons. The molecule has 5 nitrogen and oxygen atoms in total. The number of carbonyl (C=O) groups excluding carboxylic acids is 1. The Morgan fingerprint density at radius 3 is 2.24 bits per heavy atom. The summed E-state index contributed by atoms with van der Waals surface area (Å²) >= 11 is 0. The normalized spacial score (nSPS) is 16.0. The van der Waals surface area contributed by atoms with Crippen LogP contribution in [0.3, 0.4) is 0 Å². The van der Waals surface area contributed by atoms with Gasteiger partial charge in [0.25, 0.3) is 0 Å². The molecule has 0 atom stereocenters. The Hall–Kier alpha value is -1.75. The predicted octanol–water partition coefficient (Wildman–Crippen LogP) is 1.47. The number of ether oxygens (including phenoxy) is 1. The Morgan fingerprint density at radius 1 is 1.19 bits per heavy atom. The van der Waals surface area contributed by atoms with Crippen molar-refractivity contribution in [3.05, 3.63) is 24.3 Å². The van der Waals surface area contributed by atoms with Gasteiger partial charge >= 0.3 is 0 Å². The molecule has 0 aliphatic carbocycles. The number of amides is 1. The molecule has 0 aromatic heterocycles. The third-order valence-corrected chi connectivity index (χ3v) is 3.68. The lowest BCUT2D eigenvalue weighted by Crippen LogP contribution is -2.50. The first-order chi connectivity index (χ1) is 9.89. The second-order valence-corrected chi connectivity index (χ2v) is 6.23. The SMILES string of the molecule is COc1ccc(N2CCN(C(=O)CC(C)(C)N)CC2)cc1. The predicted molar refractivity (Wildman–Crippen MR) is 84.7 cm³/mol. The Balaban J connectivity index is 1.89. The maximum absolute atomic E-state index is 12.2. The molecule has 21 heavy (non-hydrogen) atoms. The van der Waals surface area contributed by atoms with Crippen molar-refractivity contribution in [2.24, 2.45) is 5.73 Å². The second kappa shape index (κ2) is 6.35. The molecular formula is C16H25N3O2. The Labute approximate surface area is 126 Å². The van der Waals surface area contributed by atoms with E-state index >= 15 is 0 Å². The first-order valence-electron chi connectivity index (χ1n) is 7.35. The summed E-state index contributed by atoms with van der Waals surface area (Å²) in [5, 5.41) is 0. The summed E-state index contributed by atoms with van der Waals surface area (Å²) in [6.45, 7) is 6.98. The van der Waals surface area contributed by atoms with Crippen molar-refractivity contribution >= 4 is 11.6 Å². The van der Waals surface area contributed by atoms with Crippen LogP contribution in [0.5, 0.6) is 5.75 Å². The van der Waals surface area contributed by atoms with E-state index in [1.807, 2.05) is 30.9 Å². The zero-order valence-corrected chi connectivity index (χ0v) is 13.1. The average molecular weight is 291 g/mol. The topological polar surface area (TPSA) is 58.8 Å². The van der Waals surface area contributed by atoms with E-state index in [-0.39, 0.29) is 5.91 Å². The number of piperazine rings is 1. The summed E-state index contributed by atoms with van der Waals surface area (Å²) in [6, 6.07) is 8.03. The third-order valence-electron chi connectivity index (χ3n) is 3.68. The first kappa shape index (κ1) is 15.6. The second-order valence-electron chi connectivity index (χ2n) is 6.23. The van der Waals surface area contributed by atoms with Crippen LogP contribution in [-0.2, 0) is 4.79 Å². The van der Waals surface area contributed by atoms with E-state index in [1.54, 1.807) is 7.11 Å². The molecule has 1 aromatic carbocycles. The van der Waals surface area contributed by atoms with Gasteiger partial charge in [-0.25, -0.2) is 0 Å². The molecule has 2 rings (SSSR count). The number of methoxy groups -OCH3 is 1. The van der Waals surface area contributed by atoms with Crippen LogP contribution in [0.1, 0.15) is 20.3 Å². The number of carbonyl (C=O) groups is 1. The highest BCUT2D eigenvalue weighted by atomic mass is 16.5. The van der Waals surface area contributed by atoms with Gasteiger partial charge in [-0.1, -0.05) is 0 Å². The van der Waals surface area contributed by atoms with E-state index in [1.165, 1.54) is 5.69 Å². The van der Waals surface area contributed by atoms with Crippen LogP contribution < -0.4 is 15.4 Å². The quantitative estimate of drug-likeness (QED) is 0.912. The van der Waals surface area contributed by atoms with Crippen LogP contribution in [0.25, 0.3) is 0 Å². The van der Waals surface area contributed by atoms with Crippen molar-refractivity contribution in [2.45, 2.75) is 25.8 Å². The van der Waals surface area contributed by atoms with Gasteiger partial charge in [0.05, 0.1) is 7.11 Å². The van der Waals surface area contributed by atoms with Gasteiger partial charge in [0, 0.05) is 43.8 Å². The van der Waals surface area contributed by atoms with E-state index in [2.05, 4.69) is 17.0 Å². The number of hydrogen-bond donors (Lipinski definition) is 1. The highest BCUT2D eigenvalue weighted by Gasteiger charge is 2.25. The molecule has 0 radical (unpaired) electrons. The molecule has 1 amide bonds. The number of nitrogens with two attached hydrogens (primary N) is 1. The lowest BCUT2D eigenvalue weighted by Gasteiger charge is -2.37. The third kappa shape index (κ3) is 4.36. The smallest absolute Gasteiger partial charge is 0.224 e. The van der Waals surface area contributed by atoms with E-state index in [0.29, 0.717) is 6.42 Å². The van der Waals surface area contributed by atoms with Crippen molar-refractivity contribution in [2.75, 3.05) is 38.2 Å². The number of rotatable bonds is 4. The Morgan fingerprint density at radius 2 is 1.76 bits per heavy atom. The zero-order valence-electron chi connectivity index (χ0n) is 13.1. The van der Waals surface area contributed by atoms with Crippen LogP contribution in [0, 0.1) is 0 Å². The molecule has 1 fully saturated rings. The molecule has 1 aliphatic heterocycles. The fourth-order valence-corrected chi connectivity index (χ4v) is 2.51. The monoisotopic (exact) mass is 291 g/mol. The van der Waals surface area contributed by atoms with Crippen LogP contribution in [-0.4, -0.2) is 49.6 Å². The highest BCUT2D eigenvalue weighted by molar-refractivity contribution is 5.77. The van der Waals surface area contributed by atoms with Gasteiger partial charge in [0.1, 0.15) is 5.75 Å². The summed E-state index contributed by atoms with van der Waals surface area (Å²) in [5.74, 6) is 1.01. The van der Waals surface area contributed by atoms with Crippen LogP contribution in [0.2, 0.25) is 0 Å². The fourth-order valence-electron chi connectivity index (χ4n) is 2.51. The molecule has 1 aliphatic rings. The lowest BCUT2D eigenvalue weighted by molar-refractivity contribution is -0.132. The van der Waals surface area contributed by atoms with Crippen LogP contribution in [0.4, 0.5) is 5.69 Å². The van der Waals surface area contributed by atoms with Gasteiger partial charge in [0.15, 0.2) is 0 Å². The van der Waals surface area contributed by atoms with Gasteiger partial charge in [0.2, 0.25) is 5.91 Å². The molecule has 1 aromatic rings. The molecule has 1 heterocycles. The number of hydrogen-bond acceptors (Lipinski definition) is 4. The standard InChI is InChI=1S/C16H25N3O2/c1-16(2,17)12-15(20)19-10-8-18(9-11-19)13-4-6-14(21-3)7-5-13/h4-7H,8-12,17H2,1-3H3. The average Bonchev–Trinajstić information content (AvgIpc) is 2.46. The Kier molecular flexibility index (Phi) is 4.73. The number of nitrogens with zero attached hydrogens (tertiary/aromatic N) is 2. The van der Waals surface area contributed by atoms with Gasteiger partial charge in [-0.2, -0.15) is 0 Å². The molecule has 0 spiro atoms. The summed E-state index contributed by atoms with van der Waals surface area (Å²) in [5.41, 5.74) is 6.65. The van der Waals surface area contributed by atoms with Crippen LogP contribution in [0.15, 0.2) is 24.3 Å². The molecule has 0 saturated carbocycles. The van der Waals surface area contributed by atoms with Gasteiger partial charge < -0.3 is 20.3 Å². The Bertz CT molecular complexity index is 471. The number of anilines is 1. The summed E-state index contributed by atoms with van der Waals surface area (Å²) in [7, 11) is 1.67. The molecular weight excluding hydrogens is 266 g/mol. The van der Waals surface area contributed by atoms with Gasteiger partial charge in [-0.05, 0) is 38.1 Å². The molecule has 5 heteroatoms. The van der Waals surface area contributed by atoms with Gasteiger partial charge in [-0.15, -0.1) is 0 Å². The summed E-state index contributed by atoms with van der Waals surface area (Å²) < 4.78 is 5.17. The minimum absolute atomic E-state index is 0.150. The molecule has 1 saturated heterocycles. The van der Waals surface area contributed by atoms with E-state index < -0.39 is 5.54 Å². The molecule has 0 bridgehead atoms. The van der Waals surface area contributed by atoms with Gasteiger partial charge in [-0.3, -0.25) is 4.79 Å². The highest BCUT2D eigenvalue weighted by Crippen LogP contribution is 2.21. The van der Waals surface area contributed by atoms with Crippen molar-refractivity contribution < 1.29 is 9.53 Å². The van der Waals surface area contributed by atoms with Crippen molar-refractivity contribution in [1.29, 1.82) is 0 Å². The zero-order chi connectivity index (χ0) is 15.5. The minimum Gasteiger partial charge on any atom is -0.497 e. The first-order valence-corrected chi connectivity index (χ1v) is 7.35. The van der Waals surface area contributed by atoms with E-state index in [0.717, 1.165) is 31.9 Å². The van der Waals surface area contributed by atoms with E-state index in [4.69, 9.17) is 10.5 Å². The summed E-state index contributed by atoms with van der Waals surface area (Å²) in [6.07, 6.45) is 0.398. The van der Waals surface area contributed by atoms with Crippen molar-refractivity contribution in [3.8, 4) is 5.75 Å². The maximum atomic E-state index is 12.2. The lowest BCUT2D eigenvalue weighted by atomic mass is 10.0.